The second-order valence-electron chi connectivity index (χ2n) is 17.2. The summed E-state index contributed by atoms with van der Waals surface area (Å²) in [6, 6.07) is 66.3. The zero-order chi connectivity index (χ0) is 41.0. The van der Waals surface area contributed by atoms with Gasteiger partial charge in [-0.1, -0.05) is 144 Å². The third-order valence-electron chi connectivity index (χ3n) is 13.5. The van der Waals surface area contributed by atoms with Gasteiger partial charge in [-0.05, 0) is 165 Å². The molecule has 10 aromatic rings. The van der Waals surface area contributed by atoms with Crippen LogP contribution in [0.4, 0.5) is 0 Å². The first-order chi connectivity index (χ1) is 29.8. The lowest BCUT2D eigenvalue weighted by atomic mass is 9.65. The normalized spacial score (nSPS) is 14.2. The van der Waals surface area contributed by atoms with E-state index in [1.807, 2.05) is 34.0 Å². The minimum atomic E-state index is -0.549. The van der Waals surface area contributed by atoms with E-state index in [2.05, 4.69) is 208 Å². The molecule has 3 heteroatoms. The van der Waals surface area contributed by atoms with Gasteiger partial charge in [0, 0.05) is 19.3 Å². The van der Waals surface area contributed by atoms with Crippen LogP contribution in [-0.4, -0.2) is 0 Å². The second-order valence-corrected chi connectivity index (χ2v) is 20.1. The zero-order valence-corrected chi connectivity index (χ0v) is 37.0. The lowest BCUT2D eigenvalue weighted by Gasteiger charge is -2.36. The van der Waals surface area contributed by atoms with Crippen LogP contribution in [0.1, 0.15) is 66.8 Å². The van der Waals surface area contributed by atoms with Crippen molar-refractivity contribution in [3.8, 4) is 42.4 Å². The lowest BCUT2D eigenvalue weighted by Crippen LogP contribution is -2.30. The first-order valence-corrected chi connectivity index (χ1v) is 23.7. The minimum absolute atomic E-state index is 0.543. The highest BCUT2D eigenvalue weighted by atomic mass is 32.1. The van der Waals surface area contributed by atoms with Crippen LogP contribution < -0.4 is 0 Å². The summed E-state index contributed by atoms with van der Waals surface area (Å²) in [6.07, 6.45) is 0. The van der Waals surface area contributed by atoms with E-state index >= 15 is 0 Å². The highest BCUT2D eigenvalue weighted by Gasteiger charge is 2.51. The zero-order valence-electron chi connectivity index (χ0n) is 34.5. The van der Waals surface area contributed by atoms with Gasteiger partial charge in [0.2, 0.25) is 0 Å². The van der Waals surface area contributed by atoms with Crippen molar-refractivity contribution in [1.82, 2.24) is 0 Å². The quantitative estimate of drug-likeness (QED) is 0.157. The summed E-state index contributed by atoms with van der Waals surface area (Å²) in [5.41, 5.74) is 21.0. The average molecular weight is 835 g/mol. The maximum absolute atomic E-state index is 2.62. The summed E-state index contributed by atoms with van der Waals surface area (Å²) < 4.78 is 1.33. The van der Waals surface area contributed by atoms with E-state index in [9.17, 15) is 0 Å². The fraction of sp³-hybridized carbons (Fsp3) is 0.103. The molecule has 2 aliphatic carbocycles. The largest absolute Gasteiger partial charge is 0.144 e. The minimum Gasteiger partial charge on any atom is -0.144 e. The Morgan fingerprint density at radius 2 is 0.770 bits per heavy atom. The molecular formula is C58H42S3. The van der Waals surface area contributed by atoms with Crippen LogP contribution in [0.15, 0.2) is 181 Å². The summed E-state index contributed by atoms with van der Waals surface area (Å²) in [6.45, 7) is 8.79. The fourth-order valence-electron chi connectivity index (χ4n) is 10.6. The summed E-state index contributed by atoms with van der Waals surface area (Å²) in [7, 11) is 0. The van der Waals surface area contributed by atoms with Crippen LogP contribution in [0, 0.1) is 27.7 Å². The average Bonchev–Trinajstić information content (AvgIpc) is 4.14. The highest BCUT2D eigenvalue weighted by molar-refractivity contribution is 7.25. The van der Waals surface area contributed by atoms with Gasteiger partial charge >= 0.3 is 0 Å². The van der Waals surface area contributed by atoms with E-state index < -0.39 is 10.8 Å². The number of thiophene rings is 3. The van der Waals surface area contributed by atoms with Gasteiger partial charge in [0.25, 0.3) is 0 Å². The van der Waals surface area contributed by atoms with Gasteiger partial charge < -0.3 is 0 Å². The molecule has 3 heterocycles. The van der Waals surface area contributed by atoms with Crippen molar-refractivity contribution >= 4 is 44.1 Å². The van der Waals surface area contributed by atoms with Gasteiger partial charge in [-0.2, -0.15) is 0 Å². The third-order valence-corrected chi connectivity index (χ3v) is 16.6. The molecule has 12 rings (SSSR count). The molecule has 0 saturated carbocycles. The lowest BCUT2D eigenvalue weighted by molar-refractivity contribution is 0.758. The van der Waals surface area contributed by atoms with Gasteiger partial charge in [-0.25, -0.2) is 0 Å². The Bertz CT molecular complexity index is 3200. The van der Waals surface area contributed by atoms with Crippen molar-refractivity contribution in [2.45, 2.75) is 38.5 Å². The number of hydrogen-bond donors (Lipinski definition) is 0. The molecule has 0 amide bonds. The molecule has 3 aromatic heterocycles. The maximum atomic E-state index is 2.62. The van der Waals surface area contributed by atoms with Crippen LogP contribution >= 0.6 is 34.0 Å². The molecule has 0 aliphatic heterocycles. The van der Waals surface area contributed by atoms with Crippen LogP contribution in [0.5, 0.6) is 0 Å². The Kier molecular flexibility index (Phi) is 8.25. The highest BCUT2D eigenvalue weighted by Crippen LogP contribution is 2.63. The molecule has 0 nitrogen and oxygen atoms in total. The molecular weight excluding hydrogens is 793 g/mol. The van der Waals surface area contributed by atoms with Crippen LogP contribution in [0.2, 0.25) is 0 Å². The second kappa shape index (κ2) is 13.7. The maximum Gasteiger partial charge on any atom is 0.0714 e. The van der Waals surface area contributed by atoms with Crippen molar-refractivity contribution in [3.63, 3.8) is 0 Å². The van der Waals surface area contributed by atoms with Crippen molar-refractivity contribution < 1.29 is 0 Å². The summed E-state index contributed by atoms with van der Waals surface area (Å²) in [4.78, 5) is 3.94. The molecule has 2 aliphatic rings. The van der Waals surface area contributed by atoms with Gasteiger partial charge in [0.1, 0.15) is 0 Å². The first-order valence-electron chi connectivity index (χ1n) is 21.1. The SMILES string of the molecule is Cc1ccc(C2(c3ccc(C)cc3)c3cc(-c4cccs4)ccc3-c3cc4c(cc32)-c2cc3cc(-c5cccs5)sc3cc2C4(c2ccc(C)cc2)c2ccc(C)cc2)cc1. The predicted molar refractivity (Wildman–Crippen MR) is 262 cm³/mol. The van der Waals surface area contributed by atoms with Crippen LogP contribution in [0.3, 0.4) is 0 Å². The van der Waals surface area contributed by atoms with Crippen LogP contribution in [-0.2, 0) is 10.8 Å². The topological polar surface area (TPSA) is 0 Å². The smallest absolute Gasteiger partial charge is 0.0714 e. The summed E-state index contributed by atoms with van der Waals surface area (Å²) in [5, 5.41) is 5.68. The summed E-state index contributed by atoms with van der Waals surface area (Å²) >= 11 is 5.55. The first kappa shape index (κ1) is 36.7. The van der Waals surface area contributed by atoms with E-state index in [0.29, 0.717) is 0 Å². The van der Waals surface area contributed by atoms with Crippen molar-refractivity contribution in [1.29, 1.82) is 0 Å². The fourth-order valence-corrected chi connectivity index (χ4v) is 13.2. The predicted octanol–water partition coefficient (Wildman–Crippen LogP) is 16.3. The molecule has 7 aromatic carbocycles. The molecule has 0 unspecified atom stereocenters. The van der Waals surface area contributed by atoms with Crippen molar-refractivity contribution in [2.24, 2.45) is 0 Å². The molecule has 0 fully saturated rings. The third kappa shape index (κ3) is 5.34. The standard InChI is InChI=1S/C58H42S3/c1-35-9-18-41(19-10-35)57(42-20-11-36(2)12-21-42)49-30-39(53-7-5-27-59-53)17-26-45(49)47-32-51-48(33-50(47)57)46-29-40-31-56(54-8-6-28-60-54)61-55(40)34-52(46)58(51,43-22-13-37(3)14-23-43)44-24-15-38(4)16-25-44/h5-34H,1-4H3. The molecule has 61 heavy (non-hydrogen) atoms. The van der Waals surface area contributed by atoms with Gasteiger partial charge in [0.15, 0.2) is 0 Å². The molecule has 0 spiro atoms. The Morgan fingerprint density at radius 1 is 0.344 bits per heavy atom. The molecule has 292 valence electrons. The molecule has 0 saturated heterocycles. The van der Waals surface area contributed by atoms with Crippen molar-refractivity contribution in [3.05, 3.63) is 247 Å². The Hall–Kier alpha value is -6.10. The molecule has 0 radical (unpaired) electrons. The number of fused-ring (bicyclic) bond motifs is 7. The van der Waals surface area contributed by atoms with E-state index in [1.165, 1.54) is 119 Å². The van der Waals surface area contributed by atoms with E-state index in [-0.39, 0.29) is 0 Å². The number of hydrogen-bond acceptors (Lipinski definition) is 3. The van der Waals surface area contributed by atoms with Gasteiger partial charge in [0.05, 0.1) is 10.8 Å². The Balaban J connectivity index is 1.24. The number of benzene rings is 7. The Morgan fingerprint density at radius 3 is 1.25 bits per heavy atom. The Labute approximate surface area is 370 Å². The van der Waals surface area contributed by atoms with Crippen molar-refractivity contribution in [2.75, 3.05) is 0 Å². The molecule has 0 bridgehead atoms. The van der Waals surface area contributed by atoms with E-state index in [4.69, 9.17) is 0 Å². The van der Waals surface area contributed by atoms with Crippen LogP contribution in [0.25, 0.3) is 52.5 Å². The van der Waals surface area contributed by atoms with E-state index in [1.54, 1.807) is 0 Å². The summed E-state index contributed by atoms with van der Waals surface area (Å²) in [5.74, 6) is 0. The monoisotopic (exact) mass is 834 g/mol. The molecule has 0 N–H and O–H groups in total. The van der Waals surface area contributed by atoms with Gasteiger partial charge in [-0.3, -0.25) is 0 Å². The number of rotatable bonds is 6. The number of aryl methyl sites for hydroxylation is 4. The molecule has 0 atom stereocenters. The van der Waals surface area contributed by atoms with Gasteiger partial charge in [-0.15, -0.1) is 34.0 Å². The van der Waals surface area contributed by atoms with E-state index in [0.717, 1.165) is 0 Å².